The van der Waals surface area contributed by atoms with Crippen LogP contribution in [-0.4, -0.2) is 44.5 Å². The molecule has 0 unspecified atom stereocenters. The van der Waals surface area contributed by atoms with Crippen molar-refractivity contribution in [1.29, 1.82) is 0 Å². The number of ether oxygens (including phenoxy) is 1. The Labute approximate surface area is 154 Å². The van der Waals surface area contributed by atoms with E-state index in [0.29, 0.717) is 0 Å². The van der Waals surface area contributed by atoms with E-state index in [1.165, 1.54) is 10.8 Å². The Bertz CT molecular complexity index is 909. The fourth-order valence-corrected chi connectivity index (χ4v) is 3.45. The van der Waals surface area contributed by atoms with Crippen molar-refractivity contribution in [3.63, 3.8) is 0 Å². The zero-order chi connectivity index (χ0) is 17.8. The summed E-state index contributed by atoms with van der Waals surface area (Å²) in [6, 6.07) is 23.0. The average Bonchev–Trinajstić information content (AvgIpc) is 2.72. The van der Waals surface area contributed by atoms with Gasteiger partial charge in [-0.15, -0.1) is 0 Å². The number of methoxy groups -OCH3 is 1. The summed E-state index contributed by atoms with van der Waals surface area (Å²) >= 11 is 0. The highest BCUT2D eigenvalue weighted by molar-refractivity contribution is 5.99. The Morgan fingerprint density at radius 1 is 0.846 bits per heavy atom. The second-order valence-electron chi connectivity index (χ2n) is 6.43. The minimum absolute atomic E-state index is 0.902. The van der Waals surface area contributed by atoms with E-state index >= 15 is 0 Å². The zero-order valence-electron chi connectivity index (χ0n) is 15.0. The van der Waals surface area contributed by atoms with Crippen LogP contribution in [-0.2, 0) is 0 Å². The molecule has 1 aliphatic rings. The molecule has 4 rings (SSSR count). The molecule has 0 spiro atoms. The summed E-state index contributed by atoms with van der Waals surface area (Å²) in [4.78, 5) is 2.36. The van der Waals surface area contributed by atoms with E-state index in [9.17, 15) is 0 Å². The number of hydrogen-bond acceptors (Lipinski definition) is 4. The molecule has 0 amide bonds. The number of anilines is 1. The first-order chi connectivity index (χ1) is 12.8. The Hall–Kier alpha value is -3.01. The molecule has 0 N–H and O–H groups in total. The molecule has 0 aromatic heterocycles. The van der Waals surface area contributed by atoms with Crippen LogP contribution in [0.4, 0.5) is 5.69 Å². The molecule has 1 heterocycles. The zero-order valence-corrected chi connectivity index (χ0v) is 15.0. The smallest absolute Gasteiger partial charge is 0.142 e. The van der Waals surface area contributed by atoms with E-state index in [0.717, 1.165) is 43.2 Å². The van der Waals surface area contributed by atoms with Gasteiger partial charge >= 0.3 is 0 Å². The monoisotopic (exact) mass is 345 g/mol. The van der Waals surface area contributed by atoms with Crippen LogP contribution in [0.5, 0.6) is 5.75 Å². The lowest BCUT2D eigenvalue weighted by atomic mass is 10.1. The largest absolute Gasteiger partial charge is 0.495 e. The standard InChI is InChI=1S/C22H23N3O/c1-26-22-12-5-4-11-21(22)24-13-15-25(16-14-24)23-17-19-9-6-8-18-7-2-3-10-20(18)19/h2-12,17H,13-16H2,1H3. The molecule has 0 aliphatic carbocycles. The van der Waals surface area contributed by atoms with Crippen molar-refractivity contribution in [3.05, 3.63) is 72.3 Å². The Kier molecular flexibility index (Phi) is 4.73. The van der Waals surface area contributed by atoms with E-state index in [1.54, 1.807) is 7.11 Å². The van der Waals surface area contributed by atoms with Gasteiger partial charge in [0.1, 0.15) is 5.75 Å². The van der Waals surface area contributed by atoms with Crippen LogP contribution >= 0.6 is 0 Å². The first kappa shape index (κ1) is 16.5. The van der Waals surface area contributed by atoms with Crippen molar-refractivity contribution in [2.75, 3.05) is 38.2 Å². The van der Waals surface area contributed by atoms with Crippen LogP contribution in [0.1, 0.15) is 5.56 Å². The average molecular weight is 345 g/mol. The third-order valence-electron chi connectivity index (χ3n) is 4.87. The van der Waals surface area contributed by atoms with E-state index in [4.69, 9.17) is 9.84 Å². The minimum atomic E-state index is 0.902. The second-order valence-corrected chi connectivity index (χ2v) is 6.43. The van der Waals surface area contributed by atoms with E-state index in [-0.39, 0.29) is 0 Å². The molecule has 0 saturated carbocycles. The lowest BCUT2D eigenvalue weighted by Gasteiger charge is -2.35. The number of fused-ring (bicyclic) bond motifs is 1. The molecular formula is C22H23N3O. The fourth-order valence-electron chi connectivity index (χ4n) is 3.45. The summed E-state index contributed by atoms with van der Waals surface area (Å²) in [5, 5.41) is 9.36. The predicted molar refractivity (Wildman–Crippen MR) is 108 cm³/mol. The summed E-state index contributed by atoms with van der Waals surface area (Å²) in [5.74, 6) is 0.931. The van der Waals surface area contributed by atoms with Crippen molar-refractivity contribution in [2.45, 2.75) is 0 Å². The summed E-state index contributed by atoms with van der Waals surface area (Å²) < 4.78 is 5.49. The van der Waals surface area contributed by atoms with Gasteiger partial charge in [-0.05, 0) is 22.9 Å². The number of hydrazone groups is 1. The normalized spacial score (nSPS) is 15.0. The highest BCUT2D eigenvalue weighted by Gasteiger charge is 2.18. The first-order valence-corrected chi connectivity index (χ1v) is 9.00. The summed E-state index contributed by atoms with van der Waals surface area (Å²) in [6.07, 6.45) is 1.99. The predicted octanol–water partition coefficient (Wildman–Crippen LogP) is 4.00. The minimum Gasteiger partial charge on any atom is -0.495 e. The molecule has 26 heavy (non-hydrogen) atoms. The van der Waals surface area contributed by atoms with Crippen LogP contribution in [0.2, 0.25) is 0 Å². The highest BCUT2D eigenvalue weighted by Crippen LogP contribution is 2.28. The summed E-state index contributed by atoms with van der Waals surface area (Å²) in [7, 11) is 1.73. The van der Waals surface area contributed by atoms with Gasteiger partial charge in [-0.1, -0.05) is 54.6 Å². The first-order valence-electron chi connectivity index (χ1n) is 9.00. The van der Waals surface area contributed by atoms with Gasteiger partial charge in [0.2, 0.25) is 0 Å². The van der Waals surface area contributed by atoms with Crippen LogP contribution in [0.25, 0.3) is 10.8 Å². The molecule has 4 nitrogen and oxygen atoms in total. The number of hydrogen-bond donors (Lipinski definition) is 0. The molecule has 132 valence electrons. The number of piperazine rings is 1. The summed E-state index contributed by atoms with van der Waals surface area (Å²) in [6.45, 7) is 3.68. The summed E-state index contributed by atoms with van der Waals surface area (Å²) in [5.41, 5.74) is 2.32. The van der Waals surface area contributed by atoms with E-state index < -0.39 is 0 Å². The Morgan fingerprint density at radius 3 is 2.42 bits per heavy atom. The Balaban J connectivity index is 1.44. The van der Waals surface area contributed by atoms with Crippen LogP contribution in [0, 0.1) is 0 Å². The highest BCUT2D eigenvalue weighted by atomic mass is 16.5. The molecule has 0 radical (unpaired) electrons. The van der Waals surface area contributed by atoms with Crippen LogP contribution in [0.3, 0.4) is 0 Å². The van der Waals surface area contributed by atoms with Gasteiger partial charge in [0.25, 0.3) is 0 Å². The molecule has 3 aromatic carbocycles. The number of benzene rings is 3. The number of para-hydroxylation sites is 2. The maximum atomic E-state index is 5.49. The van der Waals surface area contributed by atoms with Gasteiger partial charge in [0.05, 0.1) is 32.1 Å². The maximum Gasteiger partial charge on any atom is 0.142 e. The lowest BCUT2D eigenvalue weighted by Crippen LogP contribution is -2.44. The van der Waals surface area contributed by atoms with Crippen molar-refractivity contribution < 1.29 is 4.74 Å². The maximum absolute atomic E-state index is 5.49. The van der Waals surface area contributed by atoms with Crippen LogP contribution in [0.15, 0.2) is 71.8 Å². The molecule has 1 fully saturated rings. The van der Waals surface area contributed by atoms with Gasteiger partial charge in [-0.2, -0.15) is 5.10 Å². The third kappa shape index (κ3) is 3.36. The van der Waals surface area contributed by atoms with Crippen LogP contribution < -0.4 is 9.64 Å². The fraction of sp³-hybridized carbons (Fsp3) is 0.227. The van der Waals surface area contributed by atoms with Crippen molar-refractivity contribution in [1.82, 2.24) is 5.01 Å². The third-order valence-corrected chi connectivity index (χ3v) is 4.87. The molecule has 0 atom stereocenters. The van der Waals surface area contributed by atoms with Gasteiger partial charge in [0.15, 0.2) is 0 Å². The topological polar surface area (TPSA) is 28.1 Å². The molecular weight excluding hydrogens is 322 g/mol. The Morgan fingerprint density at radius 2 is 1.58 bits per heavy atom. The quantitative estimate of drug-likeness (QED) is 0.669. The molecule has 1 saturated heterocycles. The van der Waals surface area contributed by atoms with E-state index in [1.807, 2.05) is 18.3 Å². The molecule has 1 aliphatic heterocycles. The number of rotatable bonds is 4. The molecule has 4 heteroatoms. The van der Waals surface area contributed by atoms with Gasteiger partial charge in [0, 0.05) is 18.7 Å². The molecule has 0 bridgehead atoms. The van der Waals surface area contributed by atoms with Gasteiger partial charge in [-0.3, -0.25) is 5.01 Å². The SMILES string of the molecule is COc1ccccc1N1CCN(N=Cc2cccc3ccccc23)CC1. The van der Waals surface area contributed by atoms with Crippen molar-refractivity contribution in [2.24, 2.45) is 5.10 Å². The van der Waals surface area contributed by atoms with Crippen molar-refractivity contribution in [3.8, 4) is 5.75 Å². The molecule has 3 aromatic rings. The second kappa shape index (κ2) is 7.48. The lowest BCUT2D eigenvalue weighted by molar-refractivity contribution is 0.271. The van der Waals surface area contributed by atoms with E-state index in [2.05, 4.69) is 64.5 Å². The van der Waals surface area contributed by atoms with Gasteiger partial charge < -0.3 is 9.64 Å². The number of nitrogens with zero attached hydrogens (tertiary/aromatic N) is 3. The van der Waals surface area contributed by atoms with Gasteiger partial charge in [-0.25, -0.2) is 0 Å². The van der Waals surface area contributed by atoms with Crippen molar-refractivity contribution >= 4 is 22.7 Å².